The molecule has 0 aromatic heterocycles. The summed E-state index contributed by atoms with van der Waals surface area (Å²) in [6, 6.07) is 0. The maximum atomic E-state index is 10.5. The molecular formula is C4H2I2O3-2. The van der Waals surface area contributed by atoms with E-state index >= 15 is 0 Å². The summed E-state index contributed by atoms with van der Waals surface area (Å²) in [7, 11) is 0. The second kappa shape index (κ2) is 3.04. The first-order chi connectivity index (χ1) is 4.18. The minimum absolute atomic E-state index is 0.0196. The molecule has 0 bridgehead atoms. The molecule has 3 nitrogen and oxygen atoms in total. The van der Waals surface area contributed by atoms with Crippen LogP contribution in [0.15, 0.2) is 0 Å². The molecule has 1 rings (SSSR count). The van der Waals surface area contributed by atoms with Gasteiger partial charge in [-0.2, -0.15) is 0 Å². The van der Waals surface area contributed by atoms with E-state index in [1.807, 2.05) is 0 Å². The van der Waals surface area contributed by atoms with Gasteiger partial charge in [-0.25, -0.2) is 0 Å². The molecule has 5 heteroatoms. The van der Waals surface area contributed by atoms with Gasteiger partial charge in [-0.3, -0.25) is 0 Å². The molecule has 0 aliphatic carbocycles. The summed E-state index contributed by atoms with van der Waals surface area (Å²) in [5.74, 6) is 0. The number of rotatable bonds is 0. The van der Waals surface area contributed by atoms with Gasteiger partial charge in [0.05, 0.1) is 0 Å². The quantitative estimate of drug-likeness (QED) is 0.248. The topological polar surface area (TPSA) is 51.2 Å². The standard InChI is InChI=1S/C4H2I2O3/c7-2-1-3(8)6-4(9)5-2/h1H2/q-2. The van der Waals surface area contributed by atoms with Crippen LogP contribution in [0.25, 0.3) is 0 Å². The molecule has 9 heavy (non-hydrogen) atoms. The van der Waals surface area contributed by atoms with Crippen LogP contribution in [0.4, 0.5) is 4.79 Å². The summed E-state index contributed by atoms with van der Waals surface area (Å²) in [5, 5.41) is 0. The zero-order valence-corrected chi connectivity index (χ0v) is 8.50. The predicted octanol–water partition coefficient (Wildman–Crippen LogP) is -6.26. The molecule has 0 amide bonds. The Morgan fingerprint density at radius 2 is 1.44 bits per heavy atom. The molecule has 0 spiro atoms. The fourth-order valence-corrected chi connectivity index (χ4v) is 6.95. The third kappa shape index (κ3) is 2.28. The van der Waals surface area contributed by atoms with Crippen molar-refractivity contribution in [2.24, 2.45) is 0 Å². The van der Waals surface area contributed by atoms with Gasteiger partial charge < -0.3 is 0 Å². The molecular weight excluding hydrogens is 350 g/mol. The Kier molecular flexibility index (Phi) is 2.56. The second-order valence-electron chi connectivity index (χ2n) is 1.30. The van der Waals surface area contributed by atoms with Gasteiger partial charge in [-0.05, 0) is 0 Å². The predicted molar refractivity (Wildman–Crippen MR) is 20.0 cm³/mol. The van der Waals surface area contributed by atoms with E-state index < -0.39 is 42.4 Å². The van der Waals surface area contributed by atoms with Crippen LogP contribution in [0.5, 0.6) is 0 Å². The molecule has 1 aliphatic rings. The van der Waals surface area contributed by atoms with Crippen LogP contribution in [-0.4, -0.2) is 9.38 Å². The fraction of sp³-hybridized carbons (Fsp3) is 0.250. The first kappa shape index (κ1) is 7.58. The maximum absolute atomic E-state index is 10.5. The van der Waals surface area contributed by atoms with Crippen molar-refractivity contribution < 1.29 is 56.8 Å². The average Bonchev–Trinajstić information content (AvgIpc) is 1.59. The Hall–Kier alpha value is 0.470. The fourth-order valence-electron chi connectivity index (χ4n) is 0.360. The van der Waals surface area contributed by atoms with Gasteiger partial charge >= 0.3 is 72.6 Å². The Balaban J connectivity index is 2.64. The van der Waals surface area contributed by atoms with Crippen LogP contribution >= 0.6 is 0 Å². The van der Waals surface area contributed by atoms with Crippen molar-refractivity contribution in [2.75, 3.05) is 0 Å². The van der Waals surface area contributed by atoms with Gasteiger partial charge in [0.2, 0.25) is 0 Å². The average molecular weight is 352 g/mol. The number of hydrogen-bond acceptors (Lipinski definition) is 3. The van der Waals surface area contributed by atoms with Crippen LogP contribution < -0.4 is 42.4 Å². The van der Waals surface area contributed by atoms with E-state index in [0.29, 0.717) is 0 Å². The van der Waals surface area contributed by atoms with E-state index in [-0.39, 0.29) is 15.8 Å². The molecule has 0 radical (unpaired) electrons. The summed E-state index contributed by atoms with van der Waals surface area (Å²) in [4.78, 5) is 31.6. The number of carbonyl (C=O) groups is 3. The van der Waals surface area contributed by atoms with Gasteiger partial charge in [0.25, 0.3) is 0 Å². The number of halogens is 2. The summed E-state index contributed by atoms with van der Waals surface area (Å²) >= 11 is -1.78. The molecule has 0 unspecified atom stereocenters. The summed E-state index contributed by atoms with van der Waals surface area (Å²) in [5.41, 5.74) is 0. The van der Waals surface area contributed by atoms with Gasteiger partial charge in [0, 0.05) is 0 Å². The Bertz CT molecular complexity index is 141. The minimum atomic E-state index is -0.888. The molecule has 0 aromatic rings. The van der Waals surface area contributed by atoms with E-state index in [2.05, 4.69) is 0 Å². The third-order valence-corrected chi connectivity index (χ3v) is 6.19. The van der Waals surface area contributed by atoms with Crippen LogP contribution in [0.3, 0.4) is 0 Å². The zero-order chi connectivity index (χ0) is 6.85. The first-order valence-electron chi connectivity index (χ1n) is 2.08. The van der Waals surface area contributed by atoms with Crippen molar-refractivity contribution in [2.45, 2.75) is 6.42 Å². The molecule has 0 N–H and O–H groups in total. The molecule has 0 aromatic carbocycles. The summed E-state index contributed by atoms with van der Waals surface area (Å²) < 4.78 is -0.224. The normalized spacial score (nSPS) is 22.4. The summed E-state index contributed by atoms with van der Waals surface area (Å²) in [6.07, 6.45) is 0.0618. The molecule has 0 atom stereocenters. The van der Waals surface area contributed by atoms with Gasteiger partial charge in [-0.15, -0.1) is 0 Å². The van der Waals surface area contributed by atoms with Crippen molar-refractivity contribution in [1.29, 1.82) is 0 Å². The van der Waals surface area contributed by atoms with Gasteiger partial charge in [0.15, 0.2) is 0 Å². The Labute approximate surface area is 72.1 Å². The molecule has 1 saturated heterocycles. The molecule has 1 aliphatic heterocycles. The molecule has 0 saturated carbocycles. The molecule has 52 valence electrons. The third-order valence-electron chi connectivity index (χ3n) is 0.637. The Morgan fingerprint density at radius 1 is 1.00 bits per heavy atom. The molecule has 1 heterocycles. The van der Waals surface area contributed by atoms with Gasteiger partial charge in [0.1, 0.15) is 0 Å². The van der Waals surface area contributed by atoms with Crippen LogP contribution in [0.2, 0.25) is 0 Å². The van der Waals surface area contributed by atoms with E-state index in [4.69, 9.17) is 0 Å². The van der Waals surface area contributed by atoms with E-state index in [0.717, 1.165) is 0 Å². The van der Waals surface area contributed by atoms with Crippen molar-refractivity contribution >= 4 is 9.38 Å². The first-order valence-corrected chi connectivity index (χ1v) is 6.39. The van der Waals surface area contributed by atoms with Crippen LogP contribution in [0.1, 0.15) is 6.42 Å². The van der Waals surface area contributed by atoms with Gasteiger partial charge in [-0.1, -0.05) is 0 Å². The monoisotopic (exact) mass is 352 g/mol. The number of carbonyl (C=O) groups excluding carboxylic acids is 3. The zero-order valence-electron chi connectivity index (χ0n) is 4.19. The van der Waals surface area contributed by atoms with E-state index in [1.165, 1.54) is 0 Å². The van der Waals surface area contributed by atoms with Crippen molar-refractivity contribution in [3.63, 3.8) is 0 Å². The van der Waals surface area contributed by atoms with Crippen LogP contribution in [0, 0.1) is 0 Å². The molecule has 1 fully saturated rings. The number of hydrogen-bond donors (Lipinski definition) is 0. The second-order valence-corrected chi connectivity index (χ2v) is 8.81. The van der Waals surface area contributed by atoms with E-state index in [1.54, 1.807) is 0 Å². The SMILES string of the molecule is O=C1CC(=O)[I-]C(=O)[I-]1. The van der Waals surface area contributed by atoms with Crippen molar-refractivity contribution in [3.8, 4) is 0 Å². The van der Waals surface area contributed by atoms with Crippen molar-refractivity contribution in [3.05, 3.63) is 0 Å². The Morgan fingerprint density at radius 3 is 1.78 bits per heavy atom. The summed E-state index contributed by atoms with van der Waals surface area (Å²) in [6.45, 7) is 0. The van der Waals surface area contributed by atoms with Crippen LogP contribution in [-0.2, 0) is 9.59 Å². The van der Waals surface area contributed by atoms with Crippen molar-refractivity contribution in [1.82, 2.24) is 0 Å². The van der Waals surface area contributed by atoms with E-state index in [9.17, 15) is 14.4 Å².